The van der Waals surface area contributed by atoms with Crippen molar-refractivity contribution in [3.63, 3.8) is 0 Å². The summed E-state index contributed by atoms with van der Waals surface area (Å²) in [5.41, 5.74) is 2.07. The molecule has 0 bridgehead atoms. The number of hydrogen-bond acceptors (Lipinski definition) is 6. The normalized spacial score (nSPS) is 16.2. The molecule has 0 radical (unpaired) electrons. The van der Waals surface area contributed by atoms with Crippen LogP contribution in [0.25, 0.3) is 5.78 Å². The Labute approximate surface area is 170 Å². The van der Waals surface area contributed by atoms with Crippen molar-refractivity contribution in [1.82, 2.24) is 29.4 Å². The minimum atomic E-state index is -0.142. The van der Waals surface area contributed by atoms with Gasteiger partial charge in [0.25, 0.3) is 5.78 Å². The lowest BCUT2D eigenvalue weighted by Crippen LogP contribution is -2.54. The first-order valence-corrected chi connectivity index (χ1v) is 9.98. The minimum Gasteiger partial charge on any atom is -0.354 e. The summed E-state index contributed by atoms with van der Waals surface area (Å²) in [6.45, 7) is 7.91. The fourth-order valence-corrected chi connectivity index (χ4v) is 3.89. The van der Waals surface area contributed by atoms with Gasteiger partial charge in [-0.05, 0) is 19.4 Å². The van der Waals surface area contributed by atoms with E-state index in [4.69, 9.17) is 0 Å². The summed E-state index contributed by atoms with van der Waals surface area (Å²) < 4.78 is 1.78. The van der Waals surface area contributed by atoms with Crippen LogP contribution in [0.1, 0.15) is 18.2 Å². The van der Waals surface area contributed by atoms with Crippen LogP contribution in [0.15, 0.2) is 42.7 Å². The second kappa shape index (κ2) is 8.16. The second-order valence-electron chi connectivity index (χ2n) is 7.61. The predicted octanol–water partition coefficient (Wildman–Crippen LogP) is 1.60. The second-order valence-corrected chi connectivity index (χ2v) is 7.61. The molecule has 0 aliphatic carbocycles. The van der Waals surface area contributed by atoms with Gasteiger partial charge in [0.1, 0.15) is 12.1 Å². The largest absolute Gasteiger partial charge is 0.354 e. The first-order valence-electron chi connectivity index (χ1n) is 9.98. The Morgan fingerprint density at radius 2 is 1.90 bits per heavy atom. The maximum Gasteiger partial charge on any atom is 0.254 e. The molecular formula is C21H27N7O. The fraction of sp³-hybridized carbons (Fsp3) is 0.429. The number of aromatic nitrogens is 4. The minimum absolute atomic E-state index is 0.142. The summed E-state index contributed by atoms with van der Waals surface area (Å²) in [4.78, 5) is 27.9. The van der Waals surface area contributed by atoms with E-state index in [9.17, 15) is 4.79 Å². The van der Waals surface area contributed by atoms with E-state index >= 15 is 0 Å². The Balaban J connectivity index is 1.38. The van der Waals surface area contributed by atoms with Gasteiger partial charge < -0.3 is 9.80 Å². The van der Waals surface area contributed by atoms with Crippen molar-refractivity contribution in [3.8, 4) is 0 Å². The number of fused-ring (bicyclic) bond motifs is 1. The Bertz CT molecular complexity index is 979. The van der Waals surface area contributed by atoms with Crippen LogP contribution in [0.4, 0.5) is 5.82 Å². The van der Waals surface area contributed by atoms with Gasteiger partial charge in [-0.2, -0.15) is 14.6 Å². The summed E-state index contributed by atoms with van der Waals surface area (Å²) in [5.74, 6) is 1.78. The summed E-state index contributed by atoms with van der Waals surface area (Å²) in [6, 6.07) is 12.0. The van der Waals surface area contributed by atoms with Crippen molar-refractivity contribution in [2.24, 2.45) is 0 Å². The van der Waals surface area contributed by atoms with E-state index in [-0.39, 0.29) is 11.9 Å². The highest BCUT2D eigenvalue weighted by molar-refractivity contribution is 5.81. The summed E-state index contributed by atoms with van der Waals surface area (Å²) in [6.07, 6.45) is 1.53. The van der Waals surface area contributed by atoms with E-state index in [2.05, 4.69) is 37.0 Å². The molecule has 1 aromatic carbocycles. The molecule has 3 heterocycles. The number of piperazine rings is 1. The molecule has 2 aromatic heterocycles. The Kier molecular flexibility index (Phi) is 5.44. The van der Waals surface area contributed by atoms with Crippen molar-refractivity contribution in [3.05, 3.63) is 54.0 Å². The van der Waals surface area contributed by atoms with Crippen molar-refractivity contribution in [2.75, 3.05) is 38.1 Å². The number of nitrogens with zero attached hydrogens (tertiary/aromatic N) is 7. The molecule has 1 aliphatic heterocycles. The third-order valence-corrected chi connectivity index (χ3v) is 5.54. The molecule has 152 valence electrons. The SMILES string of the molecule is Cc1cc(N2CCN(C(C)C(=O)N(C)Cc3ccccc3)CC2)n2ncnc2n1. The molecule has 29 heavy (non-hydrogen) atoms. The number of carbonyl (C=O) groups is 1. The van der Waals surface area contributed by atoms with Gasteiger partial charge in [-0.1, -0.05) is 30.3 Å². The topological polar surface area (TPSA) is 69.9 Å². The predicted molar refractivity (Wildman–Crippen MR) is 112 cm³/mol. The number of amides is 1. The molecule has 0 spiro atoms. The Morgan fingerprint density at radius 1 is 1.17 bits per heavy atom. The summed E-state index contributed by atoms with van der Waals surface area (Å²) in [5, 5.41) is 4.31. The first-order chi connectivity index (χ1) is 14.0. The summed E-state index contributed by atoms with van der Waals surface area (Å²) >= 11 is 0. The zero-order valence-electron chi connectivity index (χ0n) is 17.2. The van der Waals surface area contributed by atoms with Crippen LogP contribution in [0.2, 0.25) is 0 Å². The molecule has 1 amide bonds. The van der Waals surface area contributed by atoms with Crippen molar-refractivity contribution in [2.45, 2.75) is 26.4 Å². The van der Waals surface area contributed by atoms with E-state index in [1.807, 2.05) is 50.1 Å². The zero-order chi connectivity index (χ0) is 20.4. The van der Waals surface area contributed by atoms with E-state index in [0.717, 1.165) is 43.3 Å². The van der Waals surface area contributed by atoms with Gasteiger partial charge in [0.05, 0.1) is 6.04 Å². The maximum atomic E-state index is 12.9. The van der Waals surface area contributed by atoms with Gasteiger partial charge >= 0.3 is 0 Å². The molecular weight excluding hydrogens is 366 g/mol. The van der Waals surface area contributed by atoms with Crippen LogP contribution in [0.3, 0.4) is 0 Å². The highest BCUT2D eigenvalue weighted by Gasteiger charge is 2.28. The van der Waals surface area contributed by atoms with Gasteiger partial charge in [0.15, 0.2) is 0 Å². The standard InChI is InChI=1S/C21H27N7O/c1-16-13-19(28-21(24-16)22-15-23-28)27-11-9-26(10-12-27)17(2)20(29)25(3)14-18-7-5-4-6-8-18/h4-8,13,15,17H,9-12,14H2,1-3H3. The third kappa shape index (κ3) is 4.07. The number of likely N-dealkylation sites (N-methyl/N-ethyl adjacent to an activating group) is 1. The van der Waals surface area contributed by atoms with E-state index < -0.39 is 0 Å². The monoisotopic (exact) mass is 393 g/mol. The average molecular weight is 393 g/mol. The number of benzene rings is 1. The number of anilines is 1. The van der Waals surface area contributed by atoms with Crippen LogP contribution in [-0.2, 0) is 11.3 Å². The molecule has 8 heteroatoms. The highest BCUT2D eigenvalue weighted by atomic mass is 16.2. The van der Waals surface area contributed by atoms with Crippen molar-refractivity contribution in [1.29, 1.82) is 0 Å². The lowest BCUT2D eigenvalue weighted by atomic mass is 10.1. The fourth-order valence-electron chi connectivity index (χ4n) is 3.89. The lowest BCUT2D eigenvalue weighted by Gasteiger charge is -2.39. The molecule has 1 saturated heterocycles. The summed E-state index contributed by atoms with van der Waals surface area (Å²) in [7, 11) is 1.88. The molecule has 8 nitrogen and oxygen atoms in total. The van der Waals surface area contributed by atoms with Crippen LogP contribution in [-0.4, -0.2) is 74.6 Å². The number of rotatable bonds is 5. The molecule has 0 saturated carbocycles. The van der Waals surface area contributed by atoms with Gasteiger partial charge in [-0.3, -0.25) is 9.69 Å². The van der Waals surface area contributed by atoms with Crippen LogP contribution in [0, 0.1) is 6.92 Å². The van der Waals surface area contributed by atoms with Gasteiger partial charge in [0.2, 0.25) is 5.91 Å². The number of aryl methyl sites for hydroxylation is 1. The van der Waals surface area contributed by atoms with Crippen molar-refractivity contribution < 1.29 is 4.79 Å². The Morgan fingerprint density at radius 3 is 2.62 bits per heavy atom. The average Bonchev–Trinajstić information content (AvgIpc) is 3.21. The van der Waals surface area contributed by atoms with E-state index in [1.165, 1.54) is 6.33 Å². The molecule has 4 rings (SSSR count). The van der Waals surface area contributed by atoms with Gasteiger partial charge in [0, 0.05) is 51.5 Å². The van der Waals surface area contributed by atoms with Crippen molar-refractivity contribution >= 4 is 17.5 Å². The van der Waals surface area contributed by atoms with E-state index in [0.29, 0.717) is 12.3 Å². The quantitative estimate of drug-likeness (QED) is 0.656. The lowest BCUT2D eigenvalue weighted by molar-refractivity contribution is -0.135. The van der Waals surface area contributed by atoms with Gasteiger partial charge in [-0.15, -0.1) is 0 Å². The van der Waals surface area contributed by atoms with Gasteiger partial charge in [-0.25, -0.2) is 4.98 Å². The number of hydrogen-bond donors (Lipinski definition) is 0. The smallest absolute Gasteiger partial charge is 0.254 e. The van der Waals surface area contributed by atoms with E-state index in [1.54, 1.807) is 4.52 Å². The Hall–Kier alpha value is -3.00. The molecule has 1 fully saturated rings. The number of carbonyl (C=O) groups excluding carboxylic acids is 1. The first kappa shape index (κ1) is 19.3. The molecule has 1 atom stereocenters. The molecule has 3 aromatic rings. The van der Waals surface area contributed by atoms with Crippen LogP contribution >= 0.6 is 0 Å². The van der Waals surface area contributed by atoms with Crippen LogP contribution in [0.5, 0.6) is 0 Å². The third-order valence-electron chi connectivity index (χ3n) is 5.54. The highest BCUT2D eigenvalue weighted by Crippen LogP contribution is 2.19. The molecule has 0 N–H and O–H groups in total. The maximum absolute atomic E-state index is 12.9. The molecule has 1 unspecified atom stereocenters. The zero-order valence-corrected chi connectivity index (χ0v) is 17.2. The van der Waals surface area contributed by atoms with Crippen LogP contribution < -0.4 is 4.90 Å². The molecule has 1 aliphatic rings.